The Labute approximate surface area is 117 Å². The Morgan fingerprint density at radius 1 is 1.35 bits per heavy atom. The first-order valence-electron chi connectivity index (χ1n) is 5.45. The standard InChI is InChI=1S/C10H14F3NO5S/c1-6(9(18)14-4-7(15)16)20-3-2-8(17)19-5-10(11,12)13/h6H,2-5H2,1H3,(H,14,18)(H,15,16). The van der Waals surface area contributed by atoms with Crippen molar-refractivity contribution in [2.24, 2.45) is 0 Å². The third-order valence-corrected chi connectivity index (χ3v) is 3.01. The number of nitrogens with one attached hydrogen (secondary N) is 1. The smallest absolute Gasteiger partial charge is 0.422 e. The predicted molar refractivity (Wildman–Crippen MR) is 64.2 cm³/mol. The molecule has 1 amide bonds. The lowest BCUT2D eigenvalue weighted by molar-refractivity contribution is -0.185. The molecule has 10 heteroatoms. The van der Waals surface area contributed by atoms with Crippen LogP contribution in [-0.4, -0.2) is 53.3 Å². The van der Waals surface area contributed by atoms with Crippen molar-refractivity contribution in [1.82, 2.24) is 5.32 Å². The Morgan fingerprint density at radius 3 is 2.45 bits per heavy atom. The Morgan fingerprint density at radius 2 is 1.95 bits per heavy atom. The molecule has 116 valence electrons. The highest BCUT2D eigenvalue weighted by molar-refractivity contribution is 8.00. The van der Waals surface area contributed by atoms with Gasteiger partial charge in [0.05, 0.1) is 11.7 Å². The number of carbonyl (C=O) groups excluding carboxylic acids is 2. The van der Waals surface area contributed by atoms with Crippen LogP contribution >= 0.6 is 11.8 Å². The SMILES string of the molecule is CC(SCCC(=O)OCC(F)(F)F)C(=O)NCC(=O)O. The van der Waals surface area contributed by atoms with Crippen LogP contribution in [-0.2, 0) is 19.1 Å². The molecular formula is C10H14F3NO5S. The molecule has 0 saturated carbocycles. The zero-order valence-corrected chi connectivity index (χ0v) is 11.3. The summed E-state index contributed by atoms with van der Waals surface area (Å²) >= 11 is 1.01. The van der Waals surface area contributed by atoms with E-state index in [-0.39, 0.29) is 12.2 Å². The first-order chi connectivity index (χ1) is 9.11. The van der Waals surface area contributed by atoms with E-state index in [0.29, 0.717) is 0 Å². The molecule has 0 radical (unpaired) electrons. The molecule has 0 aromatic rings. The number of hydrogen-bond donors (Lipinski definition) is 2. The van der Waals surface area contributed by atoms with Gasteiger partial charge in [-0.1, -0.05) is 0 Å². The second-order valence-corrected chi connectivity index (χ2v) is 5.10. The maximum absolute atomic E-state index is 11.7. The Bertz CT molecular complexity index is 361. The molecule has 0 bridgehead atoms. The van der Waals surface area contributed by atoms with Gasteiger partial charge in [0.15, 0.2) is 6.61 Å². The molecule has 6 nitrogen and oxygen atoms in total. The van der Waals surface area contributed by atoms with Gasteiger partial charge in [0.1, 0.15) is 6.54 Å². The summed E-state index contributed by atoms with van der Waals surface area (Å²) in [7, 11) is 0. The van der Waals surface area contributed by atoms with E-state index in [1.807, 2.05) is 0 Å². The van der Waals surface area contributed by atoms with Crippen LogP contribution in [0.3, 0.4) is 0 Å². The van der Waals surface area contributed by atoms with Gasteiger partial charge in [-0.25, -0.2) is 0 Å². The van der Waals surface area contributed by atoms with E-state index in [2.05, 4.69) is 10.1 Å². The van der Waals surface area contributed by atoms with Crippen LogP contribution in [0.25, 0.3) is 0 Å². The first-order valence-corrected chi connectivity index (χ1v) is 6.50. The number of esters is 1. The molecule has 0 aromatic carbocycles. The van der Waals surface area contributed by atoms with Crippen molar-refractivity contribution in [1.29, 1.82) is 0 Å². The topological polar surface area (TPSA) is 92.7 Å². The third-order valence-electron chi connectivity index (χ3n) is 1.85. The number of hydrogen-bond acceptors (Lipinski definition) is 5. The zero-order chi connectivity index (χ0) is 15.8. The maximum Gasteiger partial charge on any atom is 0.422 e. The van der Waals surface area contributed by atoms with Gasteiger partial charge in [-0.15, -0.1) is 11.8 Å². The molecule has 1 unspecified atom stereocenters. The number of rotatable bonds is 8. The van der Waals surface area contributed by atoms with Crippen molar-refractivity contribution in [3.63, 3.8) is 0 Å². The average molecular weight is 317 g/mol. The summed E-state index contributed by atoms with van der Waals surface area (Å²) in [6.07, 6.45) is -4.83. The molecule has 0 fully saturated rings. The molecule has 0 aliphatic carbocycles. The summed E-state index contributed by atoms with van der Waals surface area (Å²) in [6.45, 7) is -0.661. The van der Waals surface area contributed by atoms with Crippen molar-refractivity contribution >= 4 is 29.6 Å². The van der Waals surface area contributed by atoms with Gasteiger partial charge in [-0.05, 0) is 6.92 Å². The number of carboxylic acids is 1. The second-order valence-electron chi connectivity index (χ2n) is 3.65. The fourth-order valence-corrected chi connectivity index (χ4v) is 1.81. The largest absolute Gasteiger partial charge is 0.480 e. The van der Waals surface area contributed by atoms with E-state index in [1.54, 1.807) is 0 Å². The molecule has 0 aromatic heterocycles. The summed E-state index contributed by atoms with van der Waals surface area (Å²) < 4.78 is 39.2. The van der Waals surface area contributed by atoms with Crippen LogP contribution in [0.2, 0.25) is 0 Å². The van der Waals surface area contributed by atoms with Gasteiger partial charge in [0.25, 0.3) is 0 Å². The summed E-state index contributed by atoms with van der Waals surface area (Å²) in [4.78, 5) is 32.5. The number of carboxylic acid groups (broad SMARTS) is 1. The molecule has 1 atom stereocenters. The van der Waals surface area contributed by atoms with Gasteiger partial charge in [0, 0.05) is 5.75 Å². The van der Waals surface area contributed by atoms with Crippen LogP contribution in [0.5, 0.6) is 0 Å². The first kappa shape index (κ1) is 18.6. The van der Waals surface area contributed by atoms with Crippen molar-refractivity contribution in [2.45, 2.75) is 24.8 Å². The van der Waals surface area contributed by atoms with Crippen LogP contribution in [0, 0.1) is 0 Å². The van der Waals surface area contributed by atoms with Crippen LogP contribution in [0.1, 0.15) is 13.3 Å². The van der Waals surface area contributed by atoms with Gasteiger partial charge >= 0.3 is 18.1 Å². The lowest BCUT2D eigenvalue weighted by Gasteiger charge is -2.11. The number of ether oxygens (including phenoxy) is 1. The monoisotopic (exact) mass is 317 g/mol. The lowest BCUT2D eigenvalue weighted by Crippen LogP contribution is -2.35. The third kappa shape index (κ3) is 10.5. The van der Waals surface area contributed by atoms with Crippen LogP contribution in [0.4, 0.5) is 13.2 Å². The molecular weight excluding hydrogens is 303 g/mol. The molecule has 0 aliphatic heterocycles. The molecule has 0 heterocycles. The number of carbonyl (C=O) groups is 3. The molecule has 0 saturated heterocycles. The predicted octanol–water partition coefficient (Wildman–Crippen LogP) is 0.804. The molecule has 0 aliphatic rings. The number of aliphatic carboxylic acids is 1. The number of alkyl halides is 3. The van der Waals surface area contributed by atoms with Crippen LogP contribution in [0.15, 0.2) is 0 Å². The molecule has 0 spiro atoms. The van der Waals surface area contributed by atoms with Gasteiger partial charge in [-0.2, -0.15) is 13.2 Å². The number of amides is 1. The fraction of sp³-hybridized carbons (Fsp3) is 0.700. The number of thioether (sulfide) groups is 1. The van der Waals surface area contributed by atoms with E-state index in [4.69, 9.17) is 5.11 Å². The lowest BCUT2D eigenvalue weighted by atomic mass is 10.4. The van der Waals surface area contributed by atoms with Gasteiger partial charge in [0.2, 0.25) is 5.91 Å². The van der Waals surface area contributed by atoms with Crippen molar-refractivity contribution in [2.75, 3.05) is 18.9 Å². The highest BCUT2D eigenvalue weighted by Crippen LogP contribution is 2.16. The van der Waals surface area contributed by atoms with Crippen molar-refractivity contribution < 1.29 is 37.4 Å². The van der Waals surface area contributed by atoms with Crippen LogP contribution < -0.4 is 5.32 Å². The molecule has 20 heavy (non-hydrogen) atoms. The van der Waals surface area contributed by atoms with Gasteiger partial charge < -0.3 is 15.2 Å². The van der Waals surface area contributed by atoms with E-state index in [9.17, 15) is 27.6 Å². The molecule has 2 N–H and O–H groups in total. The Hall–Kier alpha value is -1.45. The Balaban J connectivity index is 3.80. The van der Waals surface area contributed by atoms with E-state index < -0.39 is 42.4 Å². The minimum absolute atomic E-state index is 0.0956. The normalized spacial score (nSPS) is 12.6. The van der Waals surface area contributed by atoms with Gasteiger partial charge in [-0.3, -0.25) is 14.4 Å². The van der Waals surface area contributed by atoms with E-state index >= 15 is 0 Å². The van der Waals surface area contributed by atoms with Crippen molar-refractivity contribution in [3.8, 4) is 0 Å². The summed E-state index contributed by atoms with van der Waals surface area (Å²) in [6, 6.07) is 0. The fourth-order valence-electron chi connectivity index (χ4n) is 0.936. The van der Waals surface area contributed by atoms with E-state index in [0.717, 1.165) is 11.8 Å². The number of halogens is 3. The highest BCUT2D eigenvalue weighted by atomic mass is 32.2. The quantitative estimate of drug-likeness (QED) is 0.644. The zero-order valence-electron chi connectivity index (χ0n) is 10.5. The minimum atomic E-state index is -4.56. The second kappa shape index (κ2) is 8.67. The highest BCUT2D eigenvalue weighted by Gasteiger charge is 2.29. The average Bonchev–Trinajstić information content (AvgIpc) is 2.32. The summed E-state index contributed by atoms with van der Waals surface area (Å²) in [5, 5.41) is 9.86. The summed E-state index contributed by atoms with van der Waals surface area (Å²) in [5.41, 5.74) is 0. The Kier molecular flexibility index (Phi) is 8.04. The summed E-state index contributed by atoms with van der Waals surface area (Å²) in [5.74, 6) is -2.63. The van der Waals surface area contributed by atoms with Crippen molar-refractivity contribution in [3.05, 3.63) is 0 Å². The van der Waals surface area contributed by atoms with E-state index in [1.165, 1.54) is 6.92 Å². The minimum Gasteiger partial charge on any atom is -0.480 e. The molecule has 0 rings (SSSR count). The maximum atomic E-state index is 11.7.